The molecular weight excluding hydrogens is 204 g/mol. The number of nitrogens with zero attached hydrogens (tertiary/aromatic N) is 2. The van der Waals surface area contributed by atoms with Crippen LogP contribution < -0.4 is 0 Å². The Morgan fingerprint density at radius 1 is 1.45 bits per heavy atom. The molecule has 0 fully saturated rings. The molecule has 0 atom stereocenters. The Morgan fingerprint density at radius 3 is 2.55 bits per heavy atom. The molecule has 0 N–H and O–H groups in total. The molecule has 0 radical (unpaired) electrons. The van der Waals surface area contributed by atoms with Gasteiger partial charge in [0.05, 0.1) is 17.6 Å². The van der Waals surface area contributed by atoms with Crippen molar-refractivity contribution in [3.63, 3.8) is 0 Å². The first kappa shape index (κ1) is 8.65. The number of rotatable bonds is 1. The topological polar surface area (TPSA) is 25.8 Å². The average molecular weight is 215 g/mol. The van der Waals surface area contributed by atoms with E-state index in [0.29, 0.717) is 5.92 Å². The molecule has 0 spiro atoms. The van der Waals surface area contributed by atoms with E-state index >= 15 is 0 Å². The predicted molar refractivity (Wildman–Crippen MR) is 48.6 cm³/mol. The lowest BCUT2D eigenvalue weighted by Gasteiger charge is -2.06. The van der Waals surface area contributed by atoms with Crippen molar-refractivity contribution in [2.45, 2.75) is 26.7 Å². The lowest BCUT2D eigenvalue weighted by Crippen LogP contribution is -1.98. The molecule has 0 aliphatic heterocycles. The van der Waals surface area contributed by atoms with Crippen LogP contribution in [0.25, 0.3) is 0 Å². The van der Waals surface area contributed by atoms with E-state index in [0.717, 1.165) is 16.0 Å². The lowest BCUT2D eigenvalue weighted by molar-refractivity contribution is 0.792. The van der Waals surface area contributed by atoms with E-state index in [1.54, 1.807) is 6.20 Å². The van der Waals surface area contributed by atoms with Crippen molar-refractivity contribution in [1.82, 2.24) is 9.97 Å². The minimum atomic E-state index is 0.454. The third-order valence-electron chi connectivity index (χ3n) is 1.50. The largest absolute Gasteiger partial charge is 0.256 e. The number of hydrogen-bond donors (Lipinski definition) is 0. The Labute approximate surface area is 75.2 Å². The summed E-state index contributed by atoms with van der Waals surface area (Å²) >= 11 is 3.27. The summed E-state index contributed by atoms with van der Waals surface area (Å²) in [6.45, 7) is 6.21. The molecule has 0 saturated carbocycles. The van der Waals surface area contributed by atoms with E-state index in [-0.39, 0.29) is 0 Å². The van der Waals surface area contributed by atoms with Crippen LogP contribution in [0.4, 0.5) is 0 Å². The maximum Gasteiger partial charge on any atom is 0.124 e. The standard InChI is InChI=1S/C8H11BrN2/c1-5(2)8-6(3)11-7(9)4-10-8/h4-5H,1-3H3. The first-order valence-electron chi connectivity index (χ1n) is 3.60. The third kappa shape index (κ3) is 1.99. The molecule has 1 aromatic rings. The van der Waals surface area contributed by atoms with Crippen LogP contribution in [0, 0.1) is 6.92 Å². The van der Waals surface area contributed by atoms with E-state index in [1.807, 2.05) is 6.92 Å². The second kappa shape index (κ2) is 3.30. The maximum absolute atomic E-state index is 4.27. The molecule has 3 heteroatoms. The van der Waals surface area contributed by atoms with Gasteiger partial charge in [-0.25, -0.2) is 4.98 Å². The minimum Gasteiger partial charge on any atom is -0.256 e. The first-order valence-corrected chi connectivity index (χ1v) is 4.39. The molecule has 0 saturated heterocycles. The summed E-state index contributed by atoms with van der Waals surface area (Å²) in [5, 5.41) is 0. The smallest absolute Gasteiger partial charge is 0.124 e. The van der Waals surface area contributed by atoms with Gasteiger partial charge in [-0.15, -0.1) is 0 Å². The van der Waals surface area contributed by atoms with Gasteiger partial charge >= 0.3 is 0 Å². The van der Waals surface area contributed by atoms with Crippen LogP contribution in [0.15, 0.2) is 10.8 Å². The molecule has 0 aliphatic rings. The van der Waals surface area contributed by atoms with E-state index in [4.69, 9.17) is 0 Å². The monoisotopic (exact) mass is 214 g/mol. The summed E-state index contributed by atoms with van der Waals surface area (Å²) in [4.78, 5) is 8.52. The predicted octanol–water partition coefficient (Wildman–Crippen LogP) is 2.67. The van der Waals surface area contributed by atoms with Gasteiger partial charge in [0.2, 0.25) is 0 Å². The van der Waals surface area contributed by atoms with Gasteiger partial charge in [-0.3, -0.25) is 4.98 Å². The molecule has 0 unspecified atom stereocenters. The summed E-state index contributed by atoms with van der Waals surface area (Å²) in [6.07, 6.45) is 1.74. The van der Waals surface area contributed by atoms with E-state index < -0.39 is 0 Å². The van der Waals surface area contributed by atoms with Crippen molar-refractivity contribution in [2.24, 2.45) is 0 Å². The zero-order valence-electron chi connectivity index (χ0n) is 6.93. The zero-order valence-corrected chi connectivity index (χ0v) is 8.51. The van der Waals surface area contributed by atoms with Crippen molar-refractivity contribution in [1.29, 1.82) is 0 Å². The Kier molecular flexibility index (Phi) is 2.60. The Bertz CT molecular complexity index is 258. The molecule has 60 valence electrons. The van der Waals surface area contributed by atoms with Crippen LogP contribution in [0.3, 0.4) is 0 Å². The molecular formula is C8H11BrN2. The molecule has 1 heterocycles. The molecule has 0 amide bonds. The SMILES string of the molecule is Cc1nc(Br)cnc1C(C)C. The Hall–Kier alpha value is -0.440. The second-order valence-corrected chi connectivity index (χ2v) is 3.63. The highest BCUT2D eigenvalue weighted by atomic mass is 79.9. The Balaban J connectivity index is 3.09. The Morgan fingerprint density at radius 2 is 2.09 bits per heavy atom. The fourth-order valence-electron chi connectivity index (χ4n) is 1.03. The van der Waals surface area contributed by atoms with Gasteiger partial charge in [0.25, 0.3) is 0 Å². The van der Waals surface area contributed by atoms with Gasteiger partial charge in [-0.2, -0.15) is 0 Å². The first-order chi connectivity index (χ1) is 5.11. The van der Waals surface area contributed by atoms with Crippen LogP contribution in [0.5, 0.6) is 0 Å². The maximum atomic E-state index is 4.27. The highest BCUT2D eigenvalue weighted by Crippen LogP contribution is 2.15. The normalized spacial score (nSPS) is 10.6. The molecule has 11 heavy (non-hydrogen) atoms. The minimum absolute atomic E-state index is 0.454. The van der Waals surface area contributed by atoms with E-state index in [2.05, 4.69) is 39.7 Å². The molecule has 0 bridgehead atoms. The quantitative estimate of drug-likeness (QED) is 0.719. The van der Waals surface area contributed by atoms with Crippen LogP contribution >= 0.6 is 15.9 Å². The lowest BCUT2D eigenvalue weighted by atomic mass is 10.1. The summed E-state index contributed by atoms with van der Waals surface area (Å²) < 4.78 is 0.805. The van der Waals surface area contributed by atoms with E-state index in [9.17, 15) is 0 Å². The van der Waals surface area contributed by atoms with Gasteiger partial charge in [0, 0.05) is 0 Å². The molecule has 0 aromatic carbocycles. The van der Waals surface area contributed by atoms with Crippen molar-refractivity contribution in [3.8, 4) is 0 Å². The van der Waals surface area contributed by atoms with Gasteiger partial charge in [0.15, 0.2) is 0 Å². The van der Waals surface area contributed by atoms with Gasteiger partial charge in [0.1, 0.15) is 4.60 Å². The number of halogens is 1. The highest BCUT2D eigenvalue weighted by molar-refractivity contribution is 9.10. The summed E-state index contributed by atoms with van der Waals surface area (Å²) in [5.41, 5.74) is 2.09. The number of aromatic nitrogens is 2. The summed E-state index contributed by atoms with van der Waals surface area (Å²) in [5.74, 6) is 0.454. The third-order valence-corrected chi connectivity index (χ3v) is 1.88. The average Bonchev–Trinajstić information content (AvgIpc) is 1.85. The summed E-state index contributed by atoms with van der Waals surface area (Å²) in [7, 11) is 0. The van der Waals surface area contributed by atoms with Crippen molar-refractivity contribution in [3.05, 3.63) is 22.2 Å². The van der Waals surface area contributed by atoms with E-state index in [1.165, 1.54) is 0 Å². The fourth-order valence-corrected chi connectivity index (χ4v) is 1.40. The van der Waals surface area contributed by atoms with Crippen molar-refractivity contribution in [2.75, 3.05) is 0 Å². The fraction of sp³-hybridized carbons (Fsp3) is 0.500. The van der Waals surface area contributed by atoms with Gasteiger partial charge in [-0.1, -0.05) is 13.8 Å². The highest BCUT2D eigenvalue weighted by Gasteiger charge is 2.05. The van der Waals surface area contributed by atoms with Crippen molar-refractivity contribution < 1.29 is 0 Å². The molecule has 0 aliphatic carbocycles. The molecule has 1 rings (SSSR count). The van der Waals surface area contributed by atoms with Crippen LogP contribution in [-0.4, -0.2) is 9.97 Å². The van der Waals surface area contributed by atoms with Crippen molar-refractivity contribution >= 4 is 15.9 Å². The molecule has 2 nitrogen and oxygen atoms in total. The molecule has 1 aromatic heterocycles. The summed E-state index contributed by atoms with van der Waals surface area (Å²) in [6, 6.07) is 0. The number of aryl methyl sites for hydroxylation is 1. The van der Waals surface area contributed by atoms with Crippen LogP contribution in [0.1, 0.15) is 31.2 Å². The van der Waals surface area contributed by atoms with Crippen LogP contribution in [0.2, 0.25) is 0 Å². The van der Waals surface area contributed by atoms with Gasteiger partial charge < -0.3 is 0 Å². The second-order valence-electron chi connectivity index (χ2n) is 2.82. The van der Waals surface area contributed by atoms with Crippen LogP contribution in [-0.2, 0) is 0 Å². The zero-order chi connectivity index (χ0) is 8.43. The number of hydrogen-bond acceptors (Lipinski definition) is 2. The van der Waals surface area contributed by atoms with Gasteiger partial charge in [-0.05, 0) is 28.8 Å².